The summed E-state index contributed by atoms with van der Waals surface area (Å²) in [5.74, 6) is 0. The van der Waals surface area contributed by atoms with E-state index < -0.39 is 0 Å². The lowest BCUT2D eigenvalue weighted by Gasteiger charge is -2.26. The first-order valence-electron chi connectivity index (χ1n) is 16.5. The van der Waals surface area contributed by atoms with Crippen molar-refractivity contribution >= 4 is 81.4 Å². The highest BCUT2D eigenvalue weighted by molar-refractivity contribution is 7.25. The Morgan fingerprint density at radius 1 is 0.469 bits per heavy atom. The largest absolute Gasteiger partial charge is 0.456 e. The highest BCUT2D eigenvalue weighted by atomic mass is 32.1. The summed E-state index contributed by atoms with van der Waals surface area (Å²) in [7, 11) is 0. The standard InChI is InChI=1S/C45H28N2OS/c1-2-9-32-28-33(17-16-29(32)8-1)30-18-22-34(23-19-30)47(40-12-7-14-42-44(40)38-11-3-5-13-41(38)48-42)35-24-20-31(21-25-35)39-27-26-37-36-10-4-6-15-43(36)49-45(37)46-39/h1-28H. The molecule has 10 aromatic rings. The van der Waals surface area contributed by atoms with Crippen LogP contribution in [0.5, 0.6) is 0 Å². The molecule has 0 saturated heterocycles. The molecule has 0 aliphatic rings. The molecule has 0 atom stereocenters. The molecule has 3 aromatic heterocycles. The third-order valence-electron chi connectivity index (χ3n) is 9.50. The number of rotatable bonds is 5. The quantitative estimate of drug-likeness (QED) is 0.187. The Kier molecular flexibility index (Phi) is 6.36. The number of nitrogens with zero attached hydrogens (tertiary/aromatic N) is 2. The lowest BCUT2D eigenvalue weighted by Crippen LogP contribution is -2.10. The molecule has 10 rings (SSSR count). The molecule has 7 aromatic carbocycles. The minimum absolute atomic E-state index is 0.869. The van der Waals surface area contributed by atoms with Gasteiger partial charge in [0.2, 0.25) is 0 Å². The molecule has 230 valence electrons. The maximum atomic E-state index is 6.33. The molecule has 0 spiro atoms. The number of fused-ring (bicyclic) bond motifs is 7. The van der Waals surface area contributed by atoms with Gasteiger partial charge in [-0.1, -0.05) is 103 Å². The van der Waals surface area contributed by atoms with Crippen LogP contribution in [0, 0.1) is 0 Å². The number of hydrogen-bond donors (Lipinski definition) is 0. The summed E-state index contributed by atoms with van der Waals surface area (Å²) in [6.07, 6.45) is 0. The van der Waals surface area contributed by atoms with Crippen molar-refractivity contribution in [3.05, 3.63) is 170 Å². The number of hydrogen-bond acceptors (Lipinski definition) is 4. The van der Waals surface area contributed by atoms with Crippen molar-refractivity contribution in [2.45, 2.75) is 0 Å². The number of aromatic nitrogens is 1. The fourth-order valence-corrected chi connectivity index (χ4v) is 8.16. The summed E-state index contributed by atoms with van der Waals surface area (Å²) in [6, 6.07) is 60.3. The topological polar surface area (TPSA) is 29.3 Å². The summed E-state index contributed by atoms with van der Waals surface area (Å²) in [5.41, 5.74) is 9.39. The van der Waals surface area contributed by atoms with Gasteiger partial charge in [0.1, 0.15) is 16.0 Å². The second-order valence-electron chi connectivity index (χ2n) is 12.4. The van der Waals surface area contributed by atoms with E-state index in [1.165, 1.54) is 37.4 Å². The van der Waals surface area contributed by atoms with Gasteiger partial charge in [0, 0.05) is 37.8 Å². The van der Waals surface area contributed by atoms with Crippen LogP contribution in [0.25, 0.3) is 75.4 Å². The smallest absolute Gasteiger partial charge is 0.137 e. The SMILES string of the molecule is c1ccc2cc(-c3ccc(N(c4ccc(-c5ccc6c(n5)sc5ccccc56)cc4)c4cccc5oc6ccccc6c45)cc3)ccc2c1. The Morgan fingerprint density at radius 2 is 1.14 bits per heavy atom. The van der Waals surface area contributed by atoms with Crippen molar-refractivity contribution in [3.8, 4) is 22.4 Å². The molecule has 49 heavy (non-hydrogen) atoms. The molecular weight excluding hydrogens is 617 g/mol. The first-order valence-corrected chi connectivity index (χ1v) is 17.3. The fraction of sp³-hybridized carbons (Fsp3) is 0. The van der Waals surface area contributed by atoms with E-state index in [4.69, 9.17) is 9.40 Å². The van der Waals surface area contributed by atoms with Gasteiger partial charge >= 0.3 is 0 Å². The number of thiophene rings is 1. The zero-order chi connectivity index (χ0) is 32.3. The maximum absolute atomic E-state index is 6.33. The van der Waals surface area contributed by atoms with E-state index >= 15 is 0 Å². The summed E-state index contributed by atoms with van der Waals surface area (Å²) in [6.45, 7) is 0. The maximum Gasteiger partial charge on any atom is 0.137 e. The van der Waals surface area contributed by atoms with Crippen molar-refractivity contribution in [1.82, 2.24) is 4.98 Å². The Labute approximate surface area is 286 Å². The molecule has 0 amide bonds. The third kappa shape index (κ3) is 4.68. The van der Waals surface area contributed by atoms with Crippen LogP contribution in [0.15, 0.2) is 174 Å². The molecule has 0 fully saturated rings. The van der Waals surface area contributed by atoms with Crippen LogP contribution in [0.2, 0.25) is 0 Å². The number of para-hydroxylation sites is 1. The summed E-state index contributed by atoms with van der Waals surface area (Å²) >= 11 is 1.75. The van der Waals surface area contributed by atoms with Gasteiger partial charge in [-0.25, -0.2) is 4.98 Å². The highest BCUT2D eigenvalue weighted by Gasteiger charge is 2.20. The van der Waals surface area contributed by atoms with Crippen LogP contribution in [-0.4, -0.2) is 4.98 Å². The zero-order valence-electron chi connectivity index (χ0n) is 26.4. The Hall–Kier alpha value is -6.23. The van der Waals surface area contributed by atoms with E-state index in [0.29, 0.717) is 0 Å². The molecule has 3 nitrogen and oxygen atoms in total. The number of furan rings is 1. The van der Waals surface area contributed by atoms with E-state index in [1.807, 2.05) is 12.1 Å². The van der Waals surface area contributed by atoms with Gasteiger partial charge in [0.15, 0.2) is 0 Å². The van der Waals surface area contributed by atoms with Gasteiger partial charge in [0.05, 0.1) is 16.8 Å². The van der Waals surface area contributed by atoms with Crippen LogP contribution in [0.3, 0.4) is 0 Å². The molecule has 0 saturated carbocycles. The van der Waals surface area contributed by atoms with Crippen molar-refractivity contribution in [2.24, 2.45) is 0 Å². The molecule has 0 bridgehead atoms. The van der Waals surface area contributed by atoms with E-state index in [2.05, 4.69) is 163 Å². The summed E-state index contributed by atoms with van der Waals surface area (Å²) in [5, 5.41) is 7.16. The predicted molar refractivity (Wildman–Crippen MR) is 207 cm³/mol. The van der Waals surface area contributed by atoms with Crippen LogP contribution in [-0.2, 0) is 0 Å². The second kappa shape index (κ2) is 11.2. The van der Waals surface area contributed by atoms with Crippen LogP contribution < -0.4 is 4.90 Å². The Bertz CT molecular complexity index is 2830. The lowest BCUT2D eigenvalue weighted by atomic mass is 10.0. The van der Waals surface area contributed by atoms with Gasteiger partial charge in [-0.3, -0.25) is 0 Å². The van der Waals surface area contributed by atoms with Gasteiger partial charge < -0.3 is 9.32 Å². The molecule has 0 unspecified atom stereocenters. The Morgan fingerprint density at radius 3 is 1.98 bits per heavy atom. The zero-order valence-corrected chi connectivity index (χ0v) is 27.2. The second-order valence-corrected chi connectivity index (χ2v) is 13.4. The average molecular weight is 645 g/mol. The molecular formula is C45H28N2OS. The van der Waals surface area contributed by atoms with Gasteiger partial charge in [-0.15, -0.1) is 11.3 Å². The summed E-state index contributed by atoms with van der Waals surface area (Å²) in [4.78, 5) is 8.49. The predicted octanol–water partition coefficient (Wildman–Crippen LogP) is 13.3. The summed E-state index contributed by atoms with van der Waals surface area (Å²) < 4.78 is 7.59. The van der Waals surface area contributed by atoms with Crippen molar-refractivity contribution in [1.29, 1.82) is 0 Å². The monoisotopic (exact) mass is 644 g/mol. The minimum Gasteiger partial charge on any atom is -0.456 e. The fourth-order valence-electron chi connectivity index (χ4n) is 7.09. The average Bonchev–Trinajstić information content (AvgIpc) is 3.74. The third-order valence-corrected chi connectivity index (χ3v) is 10.6. The van der Waals surface area contributed by atoms with Crippen LogP contribution in [0.4, 0.5) is 17.1 Å². The van der Waals surface area contributed by atoms with E-state index in [0.717, 1.165) is 55.1 Å². The normalized spacial score (nSPS) is 11.7. The lowest BCUT2D eigenvalue weighted by molar-refractivity contribution is 0.669. The van der Waals surface area contributed by atoms with Crippen molar-refractivity contribution in [3.63, 3.8) is 0 Å². The molecule has 4 heteroatoms. The van der Waals surface area contributed by atoms with Crippen LogP contribution in [0.1, 0.15) is 0 Å². The van der Waals surface area contributed by atoms with Gasteiger partial charge in [-0.05, 0) is 88.6 Å². The molecule has 0 aliphatic heterocycles. The molecule has 3 heterocycles. The first kappa shape index (κ1) is 27.8. The van der Waals surface area contributed by atoms with Gasteiger partial charge in [-0.2, -0.15) is 0 Å². The van der Waals surface area contributed by atoms with Gasteiger partial charge in [0.25, 0.3) is 0 Å². The number of benzene rings is 7. The van der Waals surface area contributed by atoms with Crippen molar-refractivity contribution < 1.29 is 4.42 Å². The Balaban J connectivity index is 1.09. The van der Waals surface area contributed by atoms with E-state index in [9.17, 15) is 0 Å². The number of pyridine rings is 1. The molecule has 0 aliphatic carbocycles. The van der Waals surface area contributed by atoms with E-state index in [1.54, 1.807) is 11.3 Å². The highest BCUT2D eigenvalue weighted by Crippen LogP contribution is 2.44. The van der Waals surface area contributed by atoms with E-state index in [-0.39, 0.29) is 0 Å². The number of anilines is 3. The minimum atomic E-state index is 0.869. The van der Waals surface area contributed by atoms with Crippen molar-refractivity contribution in [2.75, 3.05) is 4.90 Å². The van der Waals surface area contributed by atoms with Crippen LogP contribution >= 0.6 is 11.3 Å². The molecule has 0 radical (unpaired) electrons. The molecule has 0 N–H and O–H groups in total. The first-order chi connectivity index (χ1) is 24.3.